The molecule has 0 N–H and O–H groups in total. The van der Waals surface area contributed by atoms with Crippen LogP contribution in [0.5, 0.6) is 0 Å². The van der Waals surface area contributed by atoms with Crippen LogP contribution in [0.4, 0.5) is 5.69 Å². The van der Waals surface area contributed by atoms with Crippen LogP contribution < -0.4 is 4.90 Å². The summed E-state index contributed by atoms with van der Waals surface area (Å²) in [5.41, 5.74) is 2.97. The SMILES string of the molecule is c1csc(-c2cnc(CN3CCC(CN4CCc5ccccc54)CC3)o2)c1. The maximum atomic E-state index is 5.95. The Morgan fingerprint density at radius 3 is 2.81 bits per heavy atom. The van der Waals surface area contributed by atoms with Gasteiger partial charge in [0.25, 0.3) is 0 Å². The standard InChI is InChI=1S/C22H25N3OS/c1-2-5-19-18(4-1)9-12-25(19)15-17-7-10-24(11-8-17)16-22-23-14-20(26-22)21-6-3-13-27-21/h1-6,13-14,17H,7-12,15-16H2. The molecule has 2 aliphatic rings. The molecule has 5 rings (SSSR count). The number of piperidine rings is 1. The molecule has 1 saturated heterocycles. The minimum Gasteiger partial charge on any atom is -0.438 e. The second kappa shape index (κ2) is 7.49. The number of fused-ring (bicyclic) bond motifs is 1. The summed E-state index contributed by atoms with van der Waals surface area (Å²) < 4.78 is 5.95. The lowest BCUT2D eigenvalue weighted by molar-refractivity contribution is 0.166. The number of hydrogen-bond acceptors (Lipinski definition) is 5. The van der Waals surface area contributed by atoms with Gasteiger partial charge < -0.3 is 9.32 Å². The second-order valence-electron chi connectivity index (χ2n) is 7.64. The van der Waals surface area contributed by atoms with Crippen LogP contribution in [0.1, 0.15) is 24.3 Å². The van der Waals surface area contributed by atoms with Gasteiger partial charge in [0.05, 0.1) is 17.6 Å². The highest BCUT2D eigenvalue weighted by Crippen LogP contribution is 2.30. The summed E-state index contributed by atoms with van der Waals surface area (Å²) in [6.07, 6.45) is 5.58. The van der Waals surface area contributed by atoms with E-state index in [0.717, 1.165) is 42.1 Å². The summed E-state index contributed by atoms with van der Waals surface area (Å²) in [6, 6.07) is 13.0. The Morgan fingerprint density at radius 2 is 1.96 bits per heavy atom. The Kier molecular flexibility index (Phi) is 4.72. The van der Waals surface area contributed by atoms with E-state index >= 15 is 0 Å². The van der Waals surface area contributed by atoms with Crippen LogP contribution in [0.2, 0.25) is 0 Å². The van der Waals surface area contributed by atoms with Gasteiger partial charge in [-0.25, -0.2) is 4.98 Å². The fourth-order valence-corrected chi connectivity index (χ4v) is 5.01. The number of para-hydroxylation sites is 1. The fraction of sp³-hybridized carbons (Fsp3) is 0.409. The molecule has 0 amide bonds. The fourth-order valence-electron chi connectivity index (χ4n) is 4.34. The molecule has 1 fully saturated rings. The molecule has 5 heteroatoms. The number of likely N-dealkylation sites (tertiary alicyclic amines) is 1. The van der Waals surface area contributed by atoms with Crippen molar-refractivity contribution in [3.8, 4) is 10.6 Å². The average Bonchev–Trinajstić information content (AvgIpc) is 3.44. The third kappa shape index (κ3) is 3.66. The highest BCUT2D eigenvalue weighted by molar-refractivity contribution is 7.13. The van der Waals surface area contributed by atoms with Crippen LogP contribution in [0.25, 0.3) is 10.6 Å². The van der Waals surface area contributed by atoms with Crippen molar-refractivity contribution in [3.05, 3.63) is 59.4 Å². The zero-order chi connectivity index (χ0) is 18.1. The van der Waals surface area contributed by atoms with E-state index in [1.165, 1.54) is 43.6 Å². The number of rotatable bonds is 5. The van der Waals surface area contributed by atoms with Gasteiger partial charge in [-0.3, -0.25) is 4.90 Å². The van der Waals surface area contributed by atoms with E-state index in [0.29, 0.717) is 0 Å². The lowest BCUT2D eigenvalue weighted by Crippen LogP contribution is -2.38. The zero-order valence-corrected chi connectivity index (χ0v) is 16.3. The molecule has 0 unspecified atom stereocenters. The summed E-state index contributed by atoms with van der Waals surface area (Å²) in [5.74, 6) is 2.52. The van der Waals surface area contributed by atoms with Crippen molar-refractivity contribution in [2.45, 2.75) is 25.8 Å². The molecule has 4 heterocycles. The van der Waals surface area contributed by atoms with Crippen molar-refractivity contribution < 1.29 is 4.42 Å². The quantitative estimate of drug-likeness (QED) is 0.644. The third-order valence-electron chi connectivity index (χ3n) is 5.85. The molecule has 0 radical (unpaired) electrons. The Balaban J connectivity index is 1.13. The van der Waals surface area contributed by atoms with Gasteiger partial charge in [0.2, 0.25) is 5.89 Å². The number of oxazole rings is 1. The summed E-state index contributed by atoms with van der Waals surface area (Å²) >= 11 is 1.69. The number of nitrogens with zero attached hydrogens (tertiary/aromatic N) is 3. The highest BCUT2D eigenvalue weighted by atomic mass is 32.1. The van der Waals surface area contributed by atoms with Crippen molar-refractivity contribution >= 4 is 17.0 Å². The molecule has 140 valence electrons. The second-order valence-corrected chi connectivity index (χ2v) is 8.59. The number of benzene rings is 1. The van der Waals surface area contributed by atoms with E-state index in [-0.39, 0.29) is 0 Å². The Labute approximate surface area is 164 Å². The number of hydrogen-bond donors (Lipinski definition) is 0. The van der Waals surface area contributed by atoms with Crippen molar-refractivity contribution in [3.63, 3.8) is 0 Å². The lowest BCUT2D eigenvalue weighted by atomic mass is 9.96. The van der Waals surface area contributed by atoms with Gasteiger partial charge >= 0.3 is 0 Å². The maximum Gasteiger partial charge on any atom is 0.209 e. The Bertz CT molecular complexity index is 881. The van der Waals surface area contributed by atoms with Crippen LogP contribution in [0, 0.1) is 5.92 Å². The first-order chi connectivity index (χ1) is 13.3. The van der Waals surface area contributed by atoms with Crippen LogP contribution in [0.15, 0.2) is 52.4 Å². The van der Waals surface area contributed by atoms with Crippen LogP contribution in [0.3, 0.4) is 0 Å². The molecule has 0 spiro atoms. The largest absolute Gasteiger partial charge is 0.438 e. The average molecular weight is 380 g/mol. The molecule has 0 bridgehead atoms. The summed E-state index contributed by atoms with van der Waals surface area (Å²) in [5, 5.41) is 2.07. The van der Waals surface area contributed by atoms with Gasteiger partial charge in [-0.05, 0) is 61.3 Å². The Morgan fingerprint density at radius 1 is 1.07 bits per heavy atom. The molecular formula is C22H25N3OS. The van der Waals surface area contributed by atoms with E-state index in [4.69, 9.17) is 4.42 Å². The first-order valence-electron chi connectivity index (χ1n) is 9.89. The van der Waals surface area contributed by atoms with Gasteiger partial charge in [-0.2, -0.15) is 0 Å². The highest BCUT2D eigenvalue weighted by Gasteiger charge is 2.25. The smallest absolute Gasteiger partial charge is 0.209 e. The van der Waals surface area contributed by atoms with E-state index in [1.54, 1.807) is 11.3 Å². The molecule has 4 nitrogen and oxygen atoms in total. The van der Waals surface area contributed by atoms with Crippen molar-refractivity contribution in [2.75, 3.05) is 31.1 Å². The first kappa shape index (κ1) is 17.0. The monoisotopic (exact) mass is 379 g/mol. The van der Waals surface area contributed by atoms with Crippen molar-refractivity contribution in [1.29, 1.82) is 0 Å². The summed E-state index contributed by atoms with van der Waals surface area (Å²) in [4.78, 5) is 10.7. The predicted molar refractivity (Wildman–Crippen MR) is 110 cm³/mol. The molecule has 3 aromatic rings. The molecule has 27 heavy (non-hydrogen) atoms. The van der Waals surface area contributed by atoms with Gasteiger partial charge in [0.1, 0.15) is 0 Å². The molecule has 0 saturated carbocycles. The van der Waals surface area contributed by atoms with Gasteiger partial charge in [0, 0.05) is 18.8 Å². The summed E-state index contributed by atoms with van der Waals surface area (Å²) in [7, 11) is 0. The zero-order valence-electron chi connectivity index (χ0n) is 15.5. The van der Waals surface area contributed by atoms with E-state index < -0.39 is 0 Å². The minimum atomic E-state index is 0.790. The topological polar surface area (TPSA) is 32.5 Å². The van der Waals surface area contributed by atoms with E-state index in [2.05, 4.69) is 50.5 Å². The van der Waals surface area contributed by atoms with Gasteiger partial charge in [-0.15, -0.1) is 11.3 Å². The molecule has 2 aliphatic heterocycles. The minimum absolute atomic E-state index is 0.790. The first-order valence-corrected chi connectivity index (χ1v) is 10.8. The van der Waals surface area contributed by atoms with Crippen LogP contribution >= 0.6 is 11.3 Å². The number of aromatic nitrogens is 1. The summed E-state index contributed by atoms with van der Waals surface area (Å²) in [6.45, 7) is 5.48. The molecule has 2 aromatic heterocycles. The van der Waals surface area contributed by atoms with E-state index in [1.807, 2.05) is 12.3 Å². The molecule has 0 atom stereocenters. The van der Waals surface area contributed by atoms with E-state index in [9.17, 15) is 0 Å². The third-order valence-corrected chi connectivity index (χ3v) is 6.73. The van der Waals surface area contributed by atoms with Gasteiger partial charge in [-0.1, -0.05) is 24.3 Å². The maximum absolute atomic E-state index is 5.95. The lowest BCUT2D eigenvalue weighted by Gasteiger charge is -2.34. The van der Waals surface area contributed by atoms with Crippen LogP contribution in [-0.2, 0) is 13.0 Å². The molecular weight excluding hydrogens is 354 g/mol. The van der Waals surface area contributed by atoms with Crippen molar-refractivity contribution in [1.82, 2.24) is 9.88 Å². The van der Waals surface area contributed by atoms with Gasteiger partial charge in [0.15, 0.2) is 5.76 Å². The molecule has 1 aromatic carbocycles. The number of anilines is 1. The predicted octanol–water partition coefficient (Wildman–Crippen LogP) is 4.68. The normalized spacial score (nSPS) is 18.1. The van der Waals surface area contributed by atoms with Crippen molar-refractivity contribution in [2.24, 2.45) is 5.92 Å². The number of thiophene rings is 1. The van der Waals surface area contributed by atoms with Crippen LogP contribution in [-0.4, -0.2) is 36.1 Å². The molecule has 0 aliphatic carbocycles. The Hall–Kier alpha value is -2.11.